The van der Waals surface area contributed by atoms with Gasteiger partial charge in [-0.2, -0.15) is 0 Å². The molecule has 0 aliphatic rings. The van der Waals surface area contributed by atoms with Gasteiger partial charge in [0.1, 0.15) is 0 Å². The summed E-state index contributed by atoms with van der Waals surface area (Å²) in [4.78, 5) is 4.57. The van der Waals surface area contributed by atoms with E-state index in [0.717, 1.165) is 60.2 Å². The summed E-state index contributed by atoms with van der Waals surface area (Å²) < 4.78 is 6.30. The number of nitrogens with one attached hydrogen (secondary N) is 2. The lowest BCUT2D eigenvalue weighted by Crippen LogP contribution is -2.37. The van der Waals surface area contributed by atoms with Gasteiger partial charge in [0.2, 0.25) is 0 Å². The number of rotatable bonds is 9. The summed E-state index contributed by atoms with van der Waals surface area (Å²) in [5, 5.41) is 7.30. The maximum absolute atomic E-state index is 6.21. The highest BCUT2D eigenvalue weighted by Crippen LogP contribution is 2.21. The van der Waals surface area contributed by atoms with Gasteiger partial charge in [0.15, 0.2) is 5.96 Å². The molecule has 124 valence electrons. The highest BCUT2D eigenvalue weighted by molar-refractivity contribution is 9.10. The number of guanidine groups is 1. The Bertz CT molecular complexity index is 469. The number of aliphatic imine (C=N–C) groups is 1. The molecule has 0 unspecified atom stereocenters. The Morgan fingerprint density at radius 2 is 2.09 bits per heavy atom. The number of nitrogens with zero attached hydrogens (tertiary/aromatic N) is 1. The number of unbranched alkanes of at least 4 members (excludes halogenated alkanes) is 1. The molecule has 6 heteroatoms. The van der Waals surface area contributed by atoms with Gasteiger partial charge < -0.3 is 15.4 Å². The van der Waals surface area contributed by atoms with Crippen LogP contribution in [0, 0.1) is 0 Å². The predicted octanol–water partition coefficient (Wildman–Crippen LogP) is 3.97. The van der Waals surface area contributed by atoms with E-state index in [9.17, 15) is 0 Å². The molecule has 1 aromatic rings. The van der Waals surface area contributed by atoms with Gasteiger partial charge >= 0.3 is 0 Å². The summed E-state index contributed by atoms with van der Waals surface area (Å²) in [6.07, 6.45) is 2.11. The van der Waals surface area contributed by atoms with Gasteiger partial charge in [0, 0.05) is 35.8 Å². The van der Waals surface area contributed by atoms with Crippen LogP contribution in [0.4, 0.5) is 0 Å². The van der Waals surface area contributed by atoms with Crippen molar-refractivity contribution in [3.05, 3.63) is 33.3 Å². The summed E-state index contributed by atoms with van der Waals surface area (Å²) in [6.45, 7) is 7.94. The molecule has 0 atom stereocenters. The van der Waals surface area contributed by atoms with E-state index in [1.54, 1.807) is 0 Å². The number of hydrogen-bond acceptors (Lipinski definition) is 2. The molecule has 0 spiro atoms. The van der Waals surface area contributed by atoms with Crippen molar-refractivity contribution in [2.45, 2.75) is 33.2 Å². The van der Waals surface area contributed by atoms with Crippen LogP contribution in [0.5, 0.6) is 0 Å². The van der Waals surface area contributed by atoms with Gasteiger partial charge in [-0.15, -0.1) is 0 Å². The third kappa shape index (κ3) is 8.01. The summed E-state index contributed by atoms with van der Waals surface area (Å²) in [5.74, 6) is 0.817. The summed E-state index contributed by atoms with van der Waals surface area (Å²) >= 11 is 9.62. The van der Waals surface area contributed by atoms with E-state index in [-0.39, 0.29) is 0 Å². The van der Waals surface area contributed by atoms with Crippen molar-refractivity contribution in [3.63, 3.8) is 0 Å². The Balaban J connectivity index is 2.44. The lowest BCUT2D eigenvalue weighted by molar-refractivity contribution is 0.143. The van der Waals surface area contributed by atoms with E-state index in [1.165, 1.54) is 0 Å². The molecule has 0 saturated carbocycles. The Morgan fingerprint density at radius 1 is 1.27 bits per heavy atom. The standard InChI is InChI=1S/C16H25BrClN3O/c1-3-19-16(20-9-5-6-10-22-4-2)21-12-13-7-8-14(17)11-15(13)18/h7-8,11H,3-6,9-10,12H2,1-2H3,(H2,19,20,21). The van der Waals surface area contributed by atoms with Gasteiger partial charge in [-0.3, -0.25) is 0 Å². The molecule has 2 N–H and O–H groups in total. The summed E-state index contributed by atoms with van der Waals surface area (Å²) in [6, 6.07) is 5.85. The van der Waals surface area contributed by atoms with Gasteiger partial charge in [0.25, 0.3) is 0 Å². The number of hydrogen-bond donors (Lipinski definition) is 2. The fourth-order valence-electron chi connectivity index (χ4n) is 1.84. The average Bonchev–Trinajstić information content (AvgIpc) is 2.49. The molecule has 0 amide bonds. The zero-order valence-electron chi connectivity index (χ0n) is 13.3. The molecule has 1 aromatic carbocycles. The molecule has 0 aromatic heterocycles. The molecule has 4 nitrogen and oxygen atoms in total. The van der Waals surface area contributed by atoms with Crippen molar-refractivity contribution in [1.29, 1.82) is 0 Å². The van der Waals surface area contributed by atoms with E-state index in [4.69, 9.17) is 16.3 Å². The minimum absolute atomic E-state index is 0.556. The van der Waals surface area contributed by atoms with Crippen LogP contribution in [0.1, 0.15) is 32.3 Å². The first-order valence-electron chi connectivity index (χ1n) is 7.71. The van der Waals surface area contributed by atoms with Crippen molar-refractivity contribution in [2.24, 2.45) is 4.99 Å². The second-order valence-corrected chi connectivity index (χ2v) is 6.08. The topological polar surface area (TPSA) is 45.7 Å². The maximum Gasteiger partial charge on any atom is 0.191 e. The minimum atomic E-state index is 0.556. The van der Waals surface area contributed by atoms with E-state index < -0.39 is 0 Å². The van der Waals surface area contributed by atoms with Gasteiger partial charge in [-0.05, 0) is 44.4 Å². The molecule has 0 heterocycles. The first-order valence-corrected chi connectivity index (χ1v) is 8.88. The van der Waals surface area contributed by atoms with Crippen LogP contribution in [-0.2, 0) is 11.3 Å². The van der Waals surface area contributed by atoms with Crippen LogP contribution < -0.4 is 10.6 Å². The molecule has 0 radical (unpaired) electrons. The van der Waals surface area contributed by atoms with Crippen LogP contribution in [0.15, 0.2) is 27.7 Å². The van der Waals surface area contributed by atoms with Crippen LogP contribution in [0.3, 0.4) is 0 Å². The molecule has 22 heavy (non-hydrogen) atoms. The van der Waals surface area contributed by atoms with Crippen molar-refractivity contribution in [1.82, 2.24) is 10.6 Å². The molecule has 0 bridgehead atoms. The van der Waals surface area contributed by atoms with Gasteiger partial charge in [0.05, 0.1) is 6.54 Å². The second kappa shape index (κ2) is 11.7. The van der Waals surface area contributed by atoms with E-state index in [1.807, 2.05) is 25.1 Å². The third-order valence-corrected chi connectivity index (χ3v) is 3.82. The van der Waals surface area contributed by atoms with Crippen LogP contribution in [0.25, 0.3) is 0 Å². The fourth-order valence-corrected chi connectivity index (χ4v) is 2.57. The Labute approximate surface area is 146 Å². The van der Waals surface area contributed by atoms with E-state index in [0.29, 0.717) is 6.54 Å². The highest BCUT2D eigenvalue weighted by Gasteiger charge is 2.02. The first kappa shape index (κ1) is 19.3. The van der Waals surface area contributed by atoms with Crippen LogP contribution >= 0.6 is 27.5 Å². The molecule has 0 aliphatic carbocycles. The molecule has 1 rings (SSSR count). The zero-order valence-corrected chi connectivity index (χ0v) is 15.6. The second-order valence-electron chi connectivity index (χ2n) is 4.76. The summed E-state index contributed by atoms with van der Waals surface area (Å²) in [7, 11) is 0. The van der Waals surface area contributed by atoms with Crippen LogP contribution in [-0.4, -0.2) is 32.3 Å². The van der Waals surface area contributed by atoms with Gasteiger partial charge in [-0.1, -0.05) is 33.6 Å². The molecular formula is C16H25BrClN3O. The third-order valence-electron chi connectivity index (χ3n) is 2.98. The van der Waals surface area contributed by atoms with Gasteiger partial charge in [-0.25, -0.2) is 4.99 Å². The fraction of sp³-hybridized carbons (Fsp3) is 0.562. The molecule has 0 saturated heterocycles. The Morgan fingerprint density at radius 3 is 2.77 bits per heavy atom. The number of benzene rings is 1. The minimum Gasteiger partial charge on any atom is -0.382 e. The van der Waals surface area contributed by atoms with E-state index >= 15 is 0 Å². The monoisotopic (exact) mass is 389 g/mol. The largest absolute Gasteiger partial charge is 0.382 e. The average molecular weight is 391 g/mol. The molecule has 0 fully saturated rings. The van der Waals surface area contributed by atoms with E-state index in [2.05, 4.69) is 38.5 Å². The lowest BCUT2D eigenvalue weighted by Gasteiger charge is -2.11. The molecule has 0 aliphatic heterocycles. The quantitative estimate of drug-likeness (QED) is 0.381. The van der Waals surface area contributed by atoms with Crippen molar-refractivity contribution in [2.75, 3.05) is 26.3 Å². The maximum atomic E-state index is 6.21. The SMILES string of the molecule is CCNC(=NCc1ccc(Br)cc1Cl)NCCCCOCC. The van der Waals surface area contributed by atoms with Crippen LogP contribution in [0.2, 0.25) is 5.02 Å². The Hall–Kier alpha value is -0.780. The molecular weight excluding hydrogens is 366 g/mol. The number of ether oxygens (including phenoxy) is 1. The smallest absolute Gasteiger partial charge is 0.191 e. The summed E-state index contributed by atoms with van der Waals surface area (Å²) in [5.41, 5.74) is 1.01. The van der Waals surface area contributed by atoms with Crippen molar-refractivity contribution < 1.29 is 4.74 Å². The van der Waals surface area contributed by atoms with Crippen molar-refractivity contribution in [3.8, 4) is 0 Å². The zero-order chi connectivity index (χ0) is 16.2. The highest BCUT2D eigenvalue weighted by atomic mass is 79.9. The Kier molecular flexibility index (Phi) is 10.3. The first-order chi connectivity index (χ1) is 10.7. The van der Waals surface area contributed by atoms with Crippen molar-refractivity contribution >= 4 is 33.5 Å². The lowest BCUT2D eigenvalue weighted by atomic mass is 10.2. The normalized spacial score (nSPS) is 11.5. The predicted molar refractivity (Wildman–Crippen MR) is 97.7 cm³/mol. The number of halogens is 2.